The molecule has 8 nitrogen and oxygen atoms in total. The van der Waals surface area contributed by atoms with Crippen LogP contribution < -0.4 is 25.3 Å². The van der Waals surface area contributed by atoms with E-state index >= 15 is 0 Å². The highest BCUT2D eigenvalue weighted by Crippen LogP contribution is 2.58. The molecule has 2 heterocycles. The fraction of sp³-hybridized carbons (Fsp3) is 0.429. The highest BCUT2D eigenvalue weighted by Gasteiger charge is 2.67. The molecule has 0 radical (unpaired) electrons. The lowest BCUT2D eigenvalue weighted by molar-refractivity contribution is -0.151. The summed E-state index contributed by atoms with van der Waals surface area (Å²) in [5.74, 6) is 0.00772. The van der Waals surface area contributed by atoms with Crippen LogP contribution in [0.2, 0.25) is 10.0 Å². The predicted molar refractivity (Wildman–Crippen MR) is 177 cm³/mol. The van der Waals surface area contributed by atoms with Crippen molar-refractivity contribution >= 4 is 34.9 Å². The second kappa shape index (κ2) is 13.6. The number of hydrogen-bond donors (Lipinski definition) is 2. The van der Waals surface area contributed by atoms with Crippen LogP contribution in [0.4, 0.5) is 0 Å². The van der Waals surface area contributed by atoms with Gasteiger partial charge in [0.15, 0.2) is 17.3 Å². The number of nitrogens with two attached hydrogens (primary N) is 1. The van der Waals surface area contributed by atoms with Crippen LogP contribution in [-0.2, 0) is 21.5 Å². The van der Waals surface area contributed by atoms with Gasteiger partial charge in [0.25, 0.3) is 0 Å². The third-order valence-corrected chi connectivity index (χ3v) is 10.4. The van der Waals surface area contributed by atoms with Crippen LogP contribution >= 0.6 is 23.2 Å². The third-order valence-electron chi connectivity index (χ3n) is 9.71. The van der Waals surface area contributed by atoms with Gasteiger partial charge in [-0.25, -0.2) is 0 Å². The molecule has 2 aliphatic heterocycles. The van der Waals surface area contributed by atoms with Crippen LogP contribution in [0.15, 0.2) is 60.7 Å². The number of ether oxygens (including phenoxy) is 3. The molecular formula is C35H41Cl2N3O5. The molecule has 10 heteroatoms. The number of amides is 1. The number of methoxy groups -OCH3 is 3. The highest BCUT2D eigenvalue weighted by atomic mass is 35.5. The van der Waals surface area contributed by atoms with E-state index in [9.17, 15) is 9.59 Å². The zero-order chi connectivity index (χ0) is 32.4. The number of benzene rings is 3. The normalized spacial score (nSPS) is 25.2. The number of rotatable bonds is 11. The minimum atomic E-state index is -1.65. The first kappa shape index (κ1) is 33.1. The smallest absolute Gasteiger partial charge is 0.236 e. The van der Waals surface area contributed by atoms with Gasteiger partial charge in [-0.1, -0.05) is 72.9 Å². The lowest BCUT2D eigenvalue weighted by Crippen LogP contribution is -2.73. The maximum Gasteiger partial charge on any atom is 0.236 e. The topological polar surface area (TPSA) is 103 Å². The lowest BCUT2D eigenvalue weighted by atomic mass is 9.51. The summed E-state index contributed by atoms with van der Waals surface area (Å²) in [5.41, 5.74) is 6.30. The van der Waals surface area contributed by atoms with E-state index < -0.39 is 22.8 Å². The summed E-state index contributed by atoms with van der Waals surface area (Å²) in [5, 5.41) is 4.30. The van der Waals surface area contributed by atoms with Crippen molar-refractivity contribution in [3.8, 4) is 17.2 Å². The van der Waals surface area contributed by atoms with Crippen LogP contribution in [0.3, 0.4) is 0 Å². The van der Waals surface area contributed by atoms with Gasteiger partial charge in [0.1, 0.15) is 5.41 Å². The molecule has 0 spiro atoms. The van der Waals surface area contributed by atoms with E-state index in [0.717, 1.165) is 37.1 Å². The Hall–Kier alpha value is -3.30. The van der Waals surface area contributed by atoms with Crippen molar-refractivity contribution in [3.05, 3.63) is 87.4 Å². The number of likely N-dealkylation sites (tertiary alicyclic amines) is 1. The summed E-state index contributed by atoms with van der Waals surface area (Å²) in [7, 11) is 4.73. The van der Waals surface area contributed by atoms with Crippen molar-refractivity contribution in [1.82, 2.24) is 10.2 Å². The molecule has 2 saturated heterocycles. The number of carbonyl (C=O) groups excluding carboxylic acids is 2. The maximum atomic E-state index is 14.9. The van der Waals surface area contributed by atoms with Crippen LogP contribution in [0, 0.1) is 5.92 Å². The Morgan fingerprint density at radius 2 is 1.69 bits per heavy atom. The molecule has 0 aliphatic carbocycles. The second-order valence-electron chi connectivity index (χ2n) is 11.9. The van der Waals surface area contributed by atoms with Gasteiger partial charge in [0, 0.05) is 18.0 Å². The highest BCUT2D eigenvalue weighted by molar-refractivity contribution is 6.42. The number of nitrogens with zero attached hydrogens (tertiary/aromatic N) is 1. The van der Waals surface area contributed by atoms with E-state index in [1.54, 1.807) is 33.5 Å². The Kier molecular flexibility index (Phi) is 9.99. The van der Waals surface area contributed by atoms with E-state index in [4.69, 9.17) is 43.1 Å². The minimum Gasteiger partial charge on any atom is -0.493 e. The molecule has 4 atom stereocenters. The summed E-state index contributed by atoms with van der Waals surface area (Å²) < 4.78 is 16.9. The molecule has 3 N–H and O–H groups in total. The minimum absolute atomic E-state index is 0.0167. The van der Waals surface area contributed by atoms with Crippen LogP contribution in [-0.4, -0.2) is 63.1 Å². The van der Waals surface area contributed by atoms with Crippen molar-refractivity contribution < 1.29 is 23.8 Å². The molecule has 0 bridgehead atoms. The first-order valence-electron chi connectivity index (χ1n) is 15.3. The van der Waals surface area contributed by atoms with Crippen molar-refractivity contribution in [2.75, 3.05) is 41.0 Å². The number of carbonyl (C=O) groups is 2. The van der Waals surface area contributed by atoms with Crippen molar-refractivity contribution in [2.24, 2.45) is 11.7 Å². The van der Waals surface area contributed by atoms with Gasteiger partial charge in [-0.2, -0.15) is 0 Å². The summed E-state index contributed by atoms with van der Waals surface area (Å²) >= 11 is 13.1. The fourth-order valence-corrected chi connectivity index (χ4v) is 8.28. The summed E-state index contributed by atoms with van der Waals surface area (Å²) in [6.07, 6.45) is 2.36. The van der Waals surface area contributed by atoms with Gasteiger partial charge in [-0.3, -0.25) is 14.5 Å². The number of ketones is 1. The lowest BCUT2D eigenvalue weighted by Gasteiger charge is -2.61. The van der Waals surface area contributed by atoms with Gasteiger partial charge in [-0.05, 0) is 72.8 Å². The van der Waals surface area contributed by atoms with E-state index in [-0.39, 0.29) is 18.2 Å². The Morgan fingerprint density at radius 1 is 1.00 bits per heavy atom. The van der Waals surface area contributed by atoms with Gasteiger partial charge >= 0.3 is 0 Å². The molecule has 0 saturated carbocycles. The molecule has 1 amide bonds. The van der Waals surface area contributed by atoms with Gasteiger partial charge in [-0.15, -0.1) is 0 Å². The Balaban J connectivity index is 1.83. The largest absolute Gasteiger partial charge is 0.493 e. The monoisotopic (exact) mass is 653 g/mol. The summed E-state index contributed by atoms with van der Waals surface area (Å²) in [4.78, 5) is 31.2. The van der Waals surface area contributed by atoms with Crippen LogP contribution in [0.1, 0.15) is 48.8 Å². The van der Waals surface area contributed by atoms with Crippen LogP contribution in [0.5, 0.6) is 17.2 Å². The molecule has 3 aromatic rings. The molecule has 2 aliphatic rings. The van der Waals surface area contributed by atoms with Gasteiger partial charge < -0.3 is 25.3 Å². The molecule has 3 aromatic carbocycles. The molecule has 5 rings (SSSR count). The number of nitrogens with one attached hydrogen (secondary N) is 1. The van der Waals surface area contributed by atoms with Crippen LogP contribution in [0.25, 0.3) is 0 Å². The van der Waals surface area contributed by atoms with E-state index in [1.165, 1.54) is 0 Å². The first-order valence-corrected chi connectivity index (χ1v) is 16.0. The molecule has 0 aromatic heterocycles. The second-order valence-corrected chi connectivity index (χ2v) is 12.7. The average molecular weight is 655 g/mol. The van der Waals surface area contributed by atoms with Crippen molar-refractivity contribution in [3.63, 3.8) is 0 Å². The Bertz CT molecular complexity index is 1520. The first-order chi connectivity index (χ1) is 21.7. The standard InChI is InChI=1S/C35H41Cl2N3O5/c1-5-14-34(25-13-15-39-19-25)32(23-11-12-26(36)27(37)18-23)35(33(38)42,24-9-7-6-8-10-24)30(41)21-40(34)20-22-16-28(43-2)31(45-4)29(17-22)44-3/h6-12,16-18,25,32,39H,5,13-15,19-21H2,1-4H3,(H2,38,42). The molecular weight excluding hydrogens is 613 g/mol. The molecule has 240 valence electrons. The van der Waals surface area contributed by atoms with Crippen molar-refractivity contribution in [1.29, 1.82) is 0 Å². The van der Waals surface area contributed by atoms with E-state index in [0.29, 0.717) is 45.8 Å². The zero-order valence-corrected chi connectivity index (χ0v) is 27.7. The molecule has 4 unspecified atom stereocenters. The Morgan fingerprint density at radius 3 is 2.22 bits per heavy atom. The summed E-state index contributed by atoms with van der Waals surface area (Å²) in [6.45, 7) is 4.09. The zero-order valence-electron chi connectivity index (χ0n) is 26.2. The third kappa shape index (κ3) is 5.56. The van der Waals surface area contributed by atoms with E-state index in [2.05, 4.69) is 17.1 Å². The molecule has 45 heavy (non-hydrogen) atoms. The van der Waals surface area contributed by atoms with Gasteiger partial charge in [0.05, 0.1) is 37.9 Å². The molecule has 2 fully saturated rings. The predicted octanol–water partition coefficient (Wildman–Crippen LogP) is 5.76. The quantitative estimate of drug-likeness (QED) is 0.254. The summed E-state index contributed by atoms with van der Waals surface area (Å²) in [6, 6.07) is 18.5. The van der Waals surface area contributed by atoms with E-state index in [1.807, 2.05) is 48.5 Å². The fourth-order valence-electron chi connectivity index (χ4n) is 7.98. The number of piperidine rings is 1. The number of halogens is 2. The average Bonchev–Trinajstić information content (AvgIpc) is 3.59. The number of hydrogen-bond acceptors (Lipinski definition) is 7. The number of Topliss-reactive ketones (excluding diaryl/α,β-unsaturated/α-hetero) is 1. The van der Waals surface area contributed by atoms with Gasteiger partial charge in [0.2, 0.25) is 11.7 Å². The van der Waals surface area contributed by atoms with Crippen molar-refractivity contribution in [2.45, 2.75) is 49.6 Å². The maximum absolute atomic E-state index is 14.9. The Labute approximate surface area is 275 Å². The SMILES string of the molecule is CCCC1(C2CCNC2)C(c2ccc(Cl)c(Cl)c2)C(C(N)=O)(c2ccccc2)C(=O)CN1Cc1cc(OC)c(OC)c(OC)c1. The number of primary amides is 1.